The van der Waals surface area contributed by atoms with Crippen LogP contribution in [0.4, 0.5) is 0 Å². The Balaban J connectivity index is 2.41. The van der Waals surface area contributed by atoms with Gasteiger partial charge in [0.25, 0.3) is 0 Å². The average molecular weight is 296 g/mol. The first-order valence-electron chi connectivity index (χ1n) is 6.78. The molecule has 0 saturated carbocycles. The third-order valence-corrected chi connectivity index (χ3v) is 4.84. The van der Waals surface area contributed by atoms with Crippen LogP contribution in [-0.2, 0) is 0 Å². The minimum atomic E-state index is 0.519. The van der Waals surface area contributed by atoms with Gasteiger partial charge in [-0.15, -0.1) is 0 Å². The number of hydrogen-bond acceptors (Lipinski definition) is 4. The molecule has 0 aliphatic carbocycles. The van der Waals surface area contributed by atoms with Gasteiger partial charge in [0, 0.05) is 5.56 Å². The Labute approximate surface area is 127 Å². The van der Waals surface area contributed by atoms with Crippen LogP contribution in [0.2, 0.25) is 0 Å². The molecular formula is C16H16N4S. The minimum absolute atomic E-state index is 0.519. The van der Waals surface area contributed by atoms with Crippen molar-refractivity contribution in [1.82, 2.24) is 14.6 Å². The van der Waals surface area contributed by atoms with Crippen molar-refractivity contribution >= 4 is 16.3 Å². The lowest BCUT2D eigenvalue weighted by molar-refractivity contribution is 0.930. The highest BCUT2D eigenvalue weighted by Crippen LogP contribution is 2.34. The predicted octanol–water partition coefficient (Wildman–Crippen LogP) is 3.87. The topological polar surface area (TPSA) is 54.0 Å². The molecule has 0 N–H and O–H groups in total. The lowest BCUT2D eigenvalue weighted by Gasteiger charge is -2.13. The zero-order valence-electron chi connectivity index (χ0n) is 12.8. The fourth-order valence-corrected chi connectivity index (χ4v) is 3.43. The fraction of sp³-hybridized carbons (Fsp3) is 0.312. The van der Waals surface area contributed by atoms with Crippen LogP contribution < -0.4 is 0 Å². The molecule has 1 aromatic carbocycles. The van der Waals surface area contributed by atoms with Crippen molar-refractivity contribution in [1.29, 1.82) is 5.26 Å². The summed E-state index contributed by atoms with van der Waals surface area (Å²) in [6, 6.07) is 4.45. The Morgan fingerprint density at radius 3 is 2.29 bits per heavy atom. The summed E-state index contributed by atoms with van der Waals surface area (Å²) in [4.78, 5) is 5.45. The summed E-state index contributed by atoms with van der Waals surface area (Å²) < 4.78 is 1.66. The van der Waals surface area contributed by atoms with Crippen molar-refractivity contribution in [2.75, 3.05) is 0 Å². The Kier molecular flexibility index (Phi) is 3.07. The monoisotopic (exact) mass is 296 g/mol. The van der Waals surface area contributed by atoms with E-state index in [1.54, 1.807) is 4.52 Å². The molecule has 0 unspecified atom stereocenters. The maximum absolute atomic E-state index is 9.55. The second-order valence-corrected chi connectivity index (χ2v) is 6.53. The molecule has 3 rings (SSSR count). The first-order chi connectivity index (χ1) is 9.93. The molecule has 0 bridgehead atoms. The number of rotatable bonds is 1. The van der Waals surface area contributed by atoms with Gasteiger partial charge in [-0.2, -0.15) is 14.9 Å². The van der Waals surface area contributed by atoms with E-state index in [0.29, 0.717) is 5.69 Å². The molecule has 0 aliphatic heterocycles. The third kappa shape index (κ3) is 1.95. The zero-order valence-corrected chi connectivity index (χ0v) is 13.6. The highest BCUT2D eigenvalue weighted by Gasteiger charge is 2.21. The lowest BCUT2D eigenvalue weighted by atomic mass is 9.92. The molecule has 3 aromatic rings. The van der Waals surface area contributed by atoms with Gasteiger partial charge in [-0.25, -0.2) is 4.98 Å². The van der Waals surface area contributed by atoms with Crippen molar-refractivity contribution in [2.24, 2.45) is 0 Å². The molecule has 0 saturated heterocycles. The van der Waals surface area contributed by atoms with E-state index in [2.05, 4.69) is 49.9 Å². The highest BCUT2D eigenvalue weighted by atomic mass is 32.1. The molecule has 106 valence electrons. The average Bonchev–Trinajstić information content (AvgIpc) is 2.92. The van der Waals surface area contributed by atoms with Crippen molar-refractivity contribution in [3.63, 3.8) is 0 Å². The molecule has 4 nitrogen and oxygen atoms in total. The van der Waals surface area contributed by atoms with E-state index >= 15 is 0 Å². The quantitative estimate of drug-likeness (QED) is 0.685. The van der Waals surface area contributed by atoms with Crippen molar-refractivity contribution in [3.05, 3.63) is 39.0 Å². The summed E-state index contributed by atoms with van der Waals surface area (Å²) in [6.07, 6.45) is 0. The second kappa shape index (κ2) is 4.68. The van der Waals surface area contributed by atoms with Gasteiger partial charge in [0.05, 0.1) is 0 Å². The number of hydrogen-bond donors (Lipinski definition) is 0. The number of fused-ring (bicyclic) bond motifs is 1. The SMILES string of the molecule is Cc1nn2c(C#N)c(-c3c(C)c(C)cc(C)c3C)nc2s1. The van der Waals surface area contributed by atoms with Crippen molar-refractivity contribution < 1.29 is 0 Å². The Bertz CT molecular complexity index is 883. The van der Waals surface area contributed by atoms with E-state index in [1.807, 2.05) is 6.92 Å². The van der Waals surface area contributed by atoms with Gasteiger partial charge in [0.2, 0.25) is 4.96 Å². The standard InChI is InChI=1S/C16H16N4S/c1-8-6-9(2)11(4)14(10(8)3)15-13(7-17)20-16(18-15)21-12(5)19-20/h6H,1-5H3. The molecule has 0 radical (unpaired) electrons. The van der Waals surface area contributed by atoms with E-state index in [9.17, 15) is 5.26 Å². The normalized spacial score (nSPS) is 11.0. The van der Waals surface area contributed by atoms with Gasteiger partial charge in [-0.05, 0) is 56.9 Å². The summed E-state index contributed by atoms with van der Waals surface area (Å²) >= 11 is 1.51. The van der Waals surface area contributed by atoms with Gasteiger partial charge in [0.15, 0.2) is 5.69 Å². The Morgan fingerprint density at radius 1 is 1.10 bits per heavy atom. The number of aryl methyl sites for hydroxylation is 3. The molecular weight excluding hydrogens is 280 g/mol. The van der Waals surface area contributed by atoms with Crippen LogP contribution in [0.3, 0.4) is 0 Å². The first-order valence-corrected chi connectivity index (χ1v) is 7.59. The second-order valence-electron chi connectivity index (χ2n) is 5.37. The number of nitrogens with zero attached hydrogens (tertiary/aromatic N) is 4. The van der Waals surface area contributed by atoms with Crippen LogP contribution in [0.25, 0.3) is 16.2 Å². The van der Waals surface area contributed by atoms with E-state index in [0.717, 1.165) is 21.2 Å². The van der Waals surface area contributed by atoms with Crippen molar-refractivity contribution in [3.8, 4) is 17.3 Å². The lowest BCUT2D eigenvalue weighted by Crippen LogP contribution is -1.98. The van der Waals surface area contributed by atoms with E-state index in [-0.39, 0.29) is 0 Å². The van der Waals surface area contributed by atoms with Gasteiger partial charge in [-0.1, -0.05) is 17.4 Å². The molecule has 0 aliphatic rings. The molecule has 21 heavy (non-hydrogen) atoms. The van der Waals surface area contributed by atoms with Crippen LogP contribution in [-0.4, -0.2) is 14.6 Å². The molecule has 2 heterocycles. The third-order valence-electron chi connectivity index (χ3n) is 4.01. The predicted molar refractivity (Wildman–Crippen MR) is 84.7 cm³/mol. The Morgan fingerprint density at radius 2 is 1.71 bits per heavy atom. The number of aromatic nitrogens is 3. The molecule has 0 fully saturated rings. The number of benzene rings is 1. The van der Waals surface area contributed by atoms with Crippen LogP contribution >= 0.6 is 11.3 Å². The highest BCUT2D eigenvalue weighted by molar-refractivity contribution is 7.16. The first kappa shape index (κ1) is 13.8. The van der Waals surface area contributed by atoms with Gasteiger partial charge < -0.3 is 0 Å². The maximum atomic E-state index is 9.55. The Hall–Kier alpha value is -2.19. The van der Waals surface area contributed by atoms with E-state index in [4.69, 9.17) is 0 Å². The van der Waals surface area contributed by atoms with Crippen LogP contribution in [0, 0.1) is 45.9 Å². The number of nitriles is 1. The minimum Gasteiger partial charge on any atom is -0.216 e. The fourth-order valence-electron chi connectivity index (χ4n) is 2.69. The van der Waals surface area contributed by atoms with Crippen LogP contribution in [0.5, 0.6) is 0 Å². The summed E-state index contributed by atoms with van der Waals surface area (Å²) in [6.45, 7) is 10.3. The molecule has 2 aromatic heterocycles. The number of imidazole rings is 1. The molecule has 0 amide bonds. The summed E-state index contributed by atoms with van der Waals surface area (Å²) in [5, 5.41) is 14.8. The van der Waals surface area contributed by atoms with E-state index in [1.165, 1.54) is 33.6 Å². The van der Waals surface area contributed by atoms with Crippen LogP contribution in [0.1, 0.15) is 33.0 Å². The van der Waals surface area contributed by atoms with Gasteiger partial charge in [0.1, 0.15) is 16.8 Å². The van der Waals surface area contributed by atoms with Crippen molar-refractivity contribution in [2.45, 2.75) is 34.6 Å². The molecule has 0 spiro atoms. The summed E-state index contributed by atoms with van der Waals surface area (Å²) in [5.41, 5.74) is 7.13. The van der Waals surface area contributed by atoms with Gasteiger partial charge in [-0.3, -0.25) is 0 Å². The largest absolute Gasteiger partial charge is 0.216 e. The summed E-state index contributed by atoms with van der Waals surface area (Å²) in [7, 11) is 0. The zero-order chi connectivity index (χ0) is 15.3. The summed E-state index contributed by atoms with van der Waals surface area (Å²) in [5.74, 6) is 0. The smallest absolute Gasteiger partial charge is 0.213 e. The van der Waals surface area contributed by atoms with E-state index < -0.39 is 0 Å². The maximum Gasteiger partial charge on any atom is 0.213 e. The van der Waals surface area contributed by atoms with Crippen LogP contribution in [0.15, 0.2) is 6.07 Å². The molecule has 0 atom stereocenters. The molecule has 5 heteroatoms. The van der Waals surface area contributed by atoms with Gasteiger partial charge >= 0.3 is 0 Å².